The van der Waals surface area contributed by atoms with Gasteiger partial charge in [-0.25, -0.2) is 4.99 Å². The third kappa shape index (κ3) is 5.47. The maximum Gasteiger partial charge on any atom is 0.257 e. The van der Waals surface area contributed by atoms with E-state index in [1.165, 1.54) is 0 Å². The lowest BCUT2D eigenvalue weighted by atomic mass is 10.1. The van der Waals surface area contributed by atoms with E-state index in [2.05, 4.69) is 15.6 Å². The van der Waals surface area contributed by atoms with Crippen LogP contribution in [0.1, 0.15) is 28.8 Å². The average molecular weight is 402 g/mol. The Morgan fingerprint density at radius 3 is 2.86 bits per heavy atom. The summed E-state index contributed by atoms with van der Waals surface area (Å²) in [6, 6.07) is 12.7. The van der Waals surface area contributed by atoms with E-state index >= 15 is 0 Å². The van der Waals surface area contributed by atoms with Gasteiger partial charge in [-0.2, -0.15) is 0 Å². The van der Waals surface area contributed by atoms with Crippen molar-refractivity contribution in [2.45, 2.75) is 25.9 Å². The average Bonchev–Trinajstić information content (AvgIpc) is 3.20. The van der Waals surface area contributed by atoms with Crippen LogP contribution in [0.15, 0.2) is 47.5 Å². The number of nitrogens with zero attached hydrogens (tertiary/aromatic N) is 1. The molecule has 28 heavy (non-hydrogen) atoms. The summed E-state index contributed by atoms with van der Waals surface area (Å²) in [7, 11) is 1.56. The number of ether oxygens (including phenoxy) is 2. The minimum atomic E-state index is -0.234. The molecule has 0 bridgehead atoms. The summed E-state index contributed by atoms with van der Waals surface area (Å²) >= 11 is 6.20. The molecular weight excluding hydrogens is 378 g/mol. The van der Waals surface area contributed by atoms with Crippen molar-refractivity contribution in [2.75, 3.05) is 25.6 Å². The highest BCUT2D eigenvalue weighted by Crippen LogP contribution is 2.27. The number of aliphatic imine (C=N–C) groups is 1. The Morgan fingerprint density at radius 1 is 1.32 bits per heavy atom. The molecule has 3 rings (SSSR count). The number of nitrogens with one attached hydrogen (secondary N) is 2. The third-order valence-electron chi connectivity index (χ3n) is 4.40. The van der Waals surface area contributed by atoms with E-state index < -0.39 is 0 Å². The number of amides is 1. The largest absolute Gasteiger partial charge is 0.495 e. The molecule has 1 amide bonds. The van der Waals surface area contributed by atoms with Crippen LogP contribution in [-0.4, -0.2) is 38.2 Å². The predicted octanol–water partition coefficient (Wildman–Crippen LogP) is 4.03. The molecule has 0 saturated carbocycles. The molecule has 1 aliphatic rings. The van der Waals surface area contributed by atoms with Crippen molar-refractivity contribution in [3.05, 3.63) is 58.6 Å². The first-order chi connectivity index (χ1) is 13.5. The van der Waals surface area contributed by atoms with E-state index in [4.69, 9.17) is 21.1 Å². The zero-order chi connectivity index (χ0) is 19.9. The molecule has 0 unspecified atom stereocenters. The monoisotopic (exact) mass is 401 g/mol. The Bertz CT molecular complexity index is 864. The van der Waals surface area contributed by atoms with Crippen molar-refractivity contribution in [2.24, 2.45) is 4.99 Å². The molecule has 1 atom stereocenters. The minimum absolute atomic E-state index is 0.0760. The van der Waals surface area contributed by atoms with Gasteiger partial charge in [-0.05, 0) is 50.1 Å². The third-order valence-corrected chi connectivity index (χ3v) is 4.70. The number of methoxy groups -OCH3 is 1. The predicted molar refractivity (Wildman–Crippen MR) is 112 cm³/mol. The second-order valence-electron chi connectivity index (χ2n) is 6.62. The molecule has 1 fully saturated rings. The number of hydrogen-bond acceptors (Lipinski definition) is 4. The van der Waals surface area contributed by atoms with Gasteiger partial charge in [-0.1, -0.05) is 29.3 Å². The first-order valence-electron chi connectivity index (χ1n) is 9.20. The van der Waals surface area contributed by atoms with Gasteiger partial charge in [0.1, 0.15) is 5.75 Å². The summed E-state index contributed by atoms with van der Waals surface area (Å²) in [6.07, 6.45) is 2.08. The first kappa shape index (κ1) is 20.2. The second kappa shape index (κ2) is 9.57. The van der Waals surface area contributed by atoms with E-state index in [-0.39, 0.29) is 12.0 Å². The summed E-state index contributed by atoms with van der Waals surface area (Å²) in [5.74, 6) is 0.694. The quantitative estimate of drug-likeness (QED) is 0.586. The van der Waals surface area contributed by atoms with E-state index in [1.807, 2.05) is 31.2 Å². The van der Waals surface area contributed by atoms with Gasteiger partial charge in [0.25, 0.3) is 5.91 Å². The molecular formula is C21H24ClN3O3. The van der Waals surface area contributed by atoms with Crippen LogP contribution in [-0.2, 0) is 4.74 Å². The van der Waals surface area contributed by atoms with Crippen molar-refractivity contribution in [1.82, 2.24) is 5.32 Å². The van der Waals surface area contributed by atoms with Crippen molar-refractivity contribution >= 4 is 29.2 Å². The number of aryl methyl sites for hydroxylation is 1. The number of guanidine groups is 1. The molecule has 1 saturated heterocycles. The number of benzene rings is 2. The van der Waals surface area contributed by atoms with Crippen LogP contribution in [0.4, 0.5) is 5.69 Å². The molecule has 6 nitrogen and oxygen atoms in total. The summed E-state index contributed by atoms with van der Waals surface area (Å²) in [5.41, 5.74) is 2.28. The fourth-order valence-corrected chi connectivity index (χ4v) is 3.20. The van der Waals surface area contributed by atoms with Gasteiger partial charge in [-0.3, -0.25) is 10.1 Å². The maximum absolute atomic E-state index is 12.7. The number of halogens is 1. The maximum atomic E-state index is 12.7. The van der Waals surface area contributed by atoms with Crippen LogP contribution >= 0.6 is 11.6 Å². The Kier molecular flexibility index (Phi) is 6.90. The molecule has 0 radical (unpaired) electrons. The standard InChI is InChI=1S/C21H24ClN3O3/c1-14-5-3-6-15(11-14)20(26)25-21(23-13-17-7-4-10-28-17)24-16-8-9-19(27-2)18(22)12-16/h3,5-6,8-9,11-12,17H,4,7,10,13H2,1-2H3,(H2,23,24,25,26)/t17-/m1/s1. The Balaban J connectivity index is 1.77. The van der Waals surface area contributed by atoms with E-state index in [9.17, 15) is 4.79 Å². The zero-order valence-electron chi connectivity index (χ0n) is 16.0. The van der Waals surface area contributed by atoms with Crippen LogP contribution in [0.3, 0.4) is 0 Å². The number of rotatable bonds is 5. The van der Waals surface area contributed by atoms with Gasteiger partial charge in [0.05, 0.1) is 24.8 Å². The molecule has 2 aromatic rings. The smallest absolute Gasteiger partial charge is 0.257 e. The van der Waals surface area contributed by atoms with Gasteiger partial charge in [0.2, 0.25) is 5.96 Å². The molecule has 2 N–H and O–H groups in total. The Hall–Kier alpha value is -2.57. The molecule has 0 aliphatic carbocycles. The highest BCUT2D eigenvalue weighted by molar-refractivity contribution is 6.32. The lowest BCUT2D eigenvalue weighted by Gasteiger charge is -2.14. The molecule has 7 heteroatoms. The molecule has 0 aromatic heterocycles. The number of carbonyl (C=O) groups is 1. The van der Waals surface area contributed by atoms with Crippen LogP contribution in [0.25, 0.3) is 0 Å². The molecule has 1 aliphatic heterocycles. The summed E-state index contributed by atoms with van der Waals surface area (Å²) in [6.45, 7) is 3.17. The second-order valence-corrected chi connectivity index (χ2v) is 7.03. The van der Waals surface area contributed by atoms with Gasteiger partial charge < -0.3 is 14.8 Å². The first-order valence-corrected chi connectivity index (χ1v) is 9.57. The molecule has 2 aromatic carbocycles. The van der Waals surface area contributed by atoms with Crippen molar-refractivity contribution in [3.63, 3.8) is 0 Å². The van der Waals surface area contributed by atoms with Gasteiger partial charge >= 0.3 is 0 Å². The fraction of sp³-hybridized carbons (Fsp3) is 0.333. The topological polar surface area (TPSA) is 71.9 Å². The van der Waals surface area contributed by atoms with Gasteiger partial charge in [-0.15, -0.1) is 0 Å². The summed E-state index contributed by atoms with van der Waals surface area (Å²) in [4.78, 5) is 17.2. The number of anilines is 1. The van der Waals surface area contributed by atoms with Gasteiger partial charge in [0.15, 0.2) is 0 Å². The van der Waals surface area contributed by atoms with Crippen molar-refractivity contribution in [3.8, 4) is 5.75 Å². The summed E-state index contributed by atoms with van der Waals surface area (Å²) < 4.78 is 10.8. The van der Waals surface area contributed by atoms with Crippen LogP contribution in [0, 0.1) is 6.92 Å². The lowest BCUT2D eigenvalue weighted by molar-refractivity contribution is 0.0975. The summed E-state index contributed by atoms with van der Waals surface area (Å²) in [5, 5.41) is 6.45. The zero-order valence-corrected chi connectivity index (χ0v) is 16.8. The fourth-order valence-electron chi connectivity index (χ4n) is 2.94. The van der Waals surface area contributed by atoms with Crippen LogP contribution in [0.5, 0.6) is 5.75 Å². The van der Waals surface area contributed by atoms with E-state index in [0.29, 0.717) is 34.5 Å². The molecule has 0 spiro atoms. The van der Waals surface area contributed by atoms with Gasteiger partial charge in [0, 0.05) is 17.9 Å². The normalized spacial score (nSPS) is 16.7. The highest BCUT2D eigenvalue weighted by atomic mass is 35.5. The number of carbonyl (C=O) groups excluding carboxylic acids is 1. The van der Waals surface area contributed by atoms with E-state index in [1.54, 1.807) is 25.3 Å². The van der Waals surface area contributed by atoms with Crippen LogP contribution in [0.2, 0.25) is 5.02 Å². The lowest BCUT2D eigenvalue weighted by Crippen LogP contribution is -2.36. The Labute approximate surface area is 169 Å². The Morgan fingerprint density at radius 2 is 2.18 bits per heavy atom. The van der Waals surface area contributed by atoms with E-state index in [0.717, 1.165) is 25.0 Å². The molecule has 148 valence electrons. The van der Waals surface area contributed by atoms with Crippen LogP contribution < -0.4 is 15.4 Å². The minimum Gasteiger partial charge on any atom is -0.495 e. The molecule has 1 heterocycles. The van der Waals surface area contributed by atoms with Crippen molar-refractivity contribution in [1.29, 1.82) is 0 Å². The van der Waals surface area contributed by atoms with Crippen molar-refractivity contribution < 1.29 is 14.3 Å². The highest BCUT2D eigenvalue weighted by Gasteiger charge is 2.16. The SMILES string of the molecule is COc1ccc(NC(=NC[C@H]2CCCO2)NC(=O)c2cccc(C)c2)cc1Cl. The number of hydrogen-bond donors (Lipinski definition) is 2.